The molecule has 15 heavy (non-hydrogen) atoms. The lowest BCUT2D eigenvalue weighted by Crippen LogP contribution is -2.21. The Morgan fingerprint density at radius 3 is 3.00 bits per heavy atom. The molecule has 0 spiro atoms. The van der Waals surface area contributed by atoms with Crippen molar-refractivity contribution in [2.24, 2.45) is 0 Å². The van der Waals surface area contributed by atoms with Gasteiger partial charge in [0.2, 0.25) is 5.13 Å². The van der Waals surface area contributed by atoms with Crippen molar-refractivity contribution in [3.63, 3.8) is 0 Å². The van der Waals surface area contributed by atoms with Crippen LogP contribution in [0, 0.1) is 0 Å². The van der Waals surface area contributed by atoms with Gasteiger partial charge in [-0.05, 0) is 0 Å². The van der Waals surface area contributed by atoms with Crippen molar-refractivity contribution >= 4 is 11.3 Å². The molecule has 2 heterocycles. The molecule has 2 aromatic rings. The Morgan fingerprint density at radius 1 is 1.47 bits per heavy atom. The van der Waals surface area contributed by atoms with Crippen LogP contribution in [0.4, 0.5) is 0 Å². The zero-order valence-electron chi connectivity index (χ0n) is 8.58. The summed E-state index contributed by atoms with van der Waals surface area (Å²) < 4.78 is 1.61. The van der Waals surface area contributed by atoms with Crippen LogP contribution < -0.4 is 5.32 Å². The fraction of sp³-hybridized carbons (Fsp3) is 0.500. The van der Waals surface area contributed by atoms with Gasteiger partial charge in [0.05, 0.1) is 0 Å². The molecule has 0 atom stereocenters. The summed E-state index contributed by atoms with van der Waals surface area (Å²) in [5.41, 5.74) is 0. The summed E-state index contributed by atoms with van der Waals surface area (Å²) in [6.07, 6.45) is 3.09. The van der Waals surface area contributed by atoms with E-state index in [1.165, 1.54) is 17.7 Å². The van der Waals surface area contributed by atoms with Gasteiger partial charge in [-0.15, -0.1) is 10.2 Å². The number of rotatable bonds is 4. The van der Waals surface area contributed by atoms with Crippen LogP contribution in [0.1, 0.15) is 18.9 Å². The highest BCUT2D eigenvalue weighted by Gasteiger charge is 2.06. The van der Waals surface area contributed by atoms with Crippen LogP contribution in [0.15, 0.2) is 12.7 Å². The Labute approximate surface area is 91.4 Å². The molecule has 80 valence electrons. The molecule has 0 aliphatic carbocycles. The molecule has 0 fully saturated rings. The SMILES string of the molecule is CC(C)NCc1nnc(-n2cncn2)s1. The van der Waals surface area contributed by atoms with Crippen molar-refractivity contribution in [3.8, 4) is 5.13 Å². The predicted octanol–water partition coefficient (Wildman–Crippen LogP) is 0.617. The quantitative estimate of drug-likeness (QED) is 0.824. The zero-order chi connectivity index (χ0) is 10.7. The van der Waals surface area contributed by atoms with E-state index in [0.29, 0.717) is 6.04 Å². The summed E-state index contributed by atoms with van der Waals surface area (Å²) in [7, 11) is 0. The van der Waals surface area contributed by atoms with E-state index < -0.39 is 0 Å². The Kier molecular flexibility index (Phi) is 3.02. The minimum absolute atomic E-state index is 0.448. The molecule has 0 amide bonds. The summed E-state index contributed by atoms with van der Waals surface area (Å²) in [6.45, 7) is 4.93. The number of hydrogen-bond acceptors (Lipinski definition) is 6. The molecular weight excluding hydrogens is 212 g/mol. The second-order valence-electron chi connectivity index (χ2n) is 3.35. The second kappa shape index (κ2) is 4.45. The van der Waals surface area contributed by atoms with E-state index in [2.05, 4.69) is 39.4 Å². The van der Waals surface area contributed by atoms with E-state index in [1.54, 1.807) is 11.0 Å². The molecular formula is C8H12N6S. The molecule has 7 heteroatoms. The second-order valence-corrected chi connectivity index (χ2v) is 4.39. The molecule has 2 rings (SSSR count). The lowest BCUT2D eigenvalue weighted by molar-refractivity contribution is 0.584. The smallest absolute Gasteiger partial charge is 0.234 e. The van der Waals surface area contributed by atoms with Crippen LogP contribution >= 0.6 is 11.3 Å². The summed E-state index contributed by atoms with van der Waals surface area (Å²) in [4.78, 5) is 3.86. The Bertz CT molecular complexity index is 406. The molecule has 6 nitrogen and oxygen atoms in total. The third-order valence-corrected chi connectivity index (χ3v) is 2.65. The molecule has 0 saturated carbocycles. The van der Waals surface area contributed by atoms with E-state index >= 15 is 0 Å². The molecule has 0 bridgehead atoms. The maximum atomic E-state index is 4.06. The molecule has 0 radical (unpaired) electrons. The van der Waals surface area contributed by atoms with E-state index in [0.717, 1.165) is 16.7 Å². The Hall–Kier alpha value is -1.34. The first-order chi connectivity index (χ1) is 7.25. The van der Waals surface area contributed by atoms with Crippen LogP contribution in [0.2, 0.25) is 0 Å². The monoisotopic (exact) mass is 224 g/mol. The van der Waals surface area contributed by atoms with Gasteiger partial charge in [-0.3, -0.25) is 0 Å². The van der Waals surface area contributed by atoms with E-state index in [1.807, 2.05) is 0 Å². The third kappa shape index (κ3) is 2.57. The van der Waals surface area contributed by atoms with Crippen LogP contribution in [0.25, 0.3) is 5.13 Å². The number of nitrogens with one attached hydrogen (secondary N) is 1. The van der Waals surface area contributed by atoms with Crippen molar-refractivity contribution in [3.05, 3.63) is 17.7 Å². The Balaban J connectivity index is 2.04. The maximum absolute atomic E-state index is 4.06. The van der Waals surface area contributed by atoms with Crippen molar-refractivity contribution in [2.45, 2.75) is 26.4 Å². The first kappa shape index (κ1) is 10.2. The fourth-order valence-corrected chi connectivity index (χ4v) is 1.72. The largest absolute Gasteiger partial charge is 0.308 e. The van der Waals surface area contributed by atoms with Gasteiger partial charge in [-0.2, -0.15) is 9.78 Å². The van der Waals surface area contributed by atoms with Crippen molar-refractivity contribution < 1.29 is 0 Å². The van der Waals surface area contributed by atoms with Crippen molar-refractivity contribution in [2.75, 3.05) is 0 Å². The van der Waals surface area contributed by atoms with Crippen LogP contribution in [0.3, 0.4) is 0 Å². The molecule has 2 aromatic heterocycles. The maximum Gasteiger partial charge on any atom is 0.234 e. The molecule has 0 aromatic carbocycles. The van der Waals surface area contributed by atoms with Gasteiger partial charge < -0.3 is 5.32 Å². The van der Waals surface area contributed by atoms with Crippen LogP contribution in [-0.4, -0.2) is 31.0 Å². The third-order valence-electron chi connectivity index (χ3n) is 1.73. The van der Waals surface area contributed by atoms with Gasteiger partial charge in [0.15, 0.2) is 0 Å². The van der Waals surface area contributed by atoms with Gasteiger partial charge in [0.1, 0.15) is 17.7 Å². The summed E-state index contributed by atoms with van der Waals surface area (Å²) in [6, 6.07) is 0.448. The van der Waals surface area contributed by atoms with Gasteiger partial charge in [-0.1, -0.05) is 25.2 Å². The van der Waals surface area contributed by atoms with Crippen molar-refractivity contribution in [1.82, 2.24) is 30.3 Å². The van der Waals surface area contributed by atoms with E-state index in [-0.39, 0.29) is 0 Å². The van der Waals surface area contributed by atoms with Gasteiger partial charge in [-0.25, -0.2) is 4.98 Å². The molecule has 0 aliphatic heterocycles. The average molecular weight is 224 g/mol. The Morgan fingerprint density at radius 2 is 2.33 bits per heavy atom. The van der Waals surface area contributed by atoms with Gasteiger partial charge in [0, 0.05) is 12.6 Å². The summed E-state index contributed by atoms with van der Waals surface area (Å²) >= 11 is 1.51. The lowest BCUT2D eigenvalue weighted by Gasteiger charge is -2.03. The molecule has 1 N–H and O–H groups in total. The molecule has 0 saturated heterocycles. The first-order valence-corrected chi connectivity index (χ1v) is 5.48. The van der Waals surface area contributed by atoms with Crippen LogP contribution in [-0.2, 0) is 6.54 Å². The van der Waals surface area contributed by atoms with E-state index in [9.17, 15) is 0 Å². The highest BCUT2D eigenvalue weighted by molar-refractivity contribution is 7.13. The van der Waals surface area contributed by atoms with E-state index in [4.69, 9.17) is 0 Å². The highest BCUT2D eigenvalue weighted by Crippen LogP contribution is 2.12. The topological polar surface area (TPSA) is 68.5 Å². The zero-order valence-corrected chi connectivity index (χ0v) is 9.40. The minimum Gasteiger partial charge on any atom is -0.308 e. The number of hydrogen-bond donors (Lipinski definition) is 1. The molecule has 0 aliphatic rings. The summed E-state index contributed by atoms with van der Waals surface area (Å²) in [5.74, 6) is 0. The minimum atomic E-state index is 0.448. The lowest BCUT2D eigenvalue weighted by atomic mass is 10.4. The number of nitrogens with zero attached hydrogens (tertiary/aromatic N) is 5. The highest BCUT2D eigenvalue weighted by atomic mass is 32.1. The predicted molar refractivity (Wildman–Crippen MR) is 56.8 cm³/mol. The number of aromatic nitrogens is 5. The van der Waals surface area contributed by atoms with Gasteiger partial charge in [0.25, 0.3) is 0 Å². The van der Waals surface area contributed by atoms with Gasteiger partial charge >= 0.3 is 0 Å². The first-order valence-electron chi connectivity index (χ1n) is 4.66. The van der Waals surface area contributed by atoms with Crippen molar-refractivity contribution in [1.29, 1.82) is 0 Å². The fourth-order valence-electron chi connectivity index (χ4n) is 1.01. The summed E-state index contributed by atoms with van der Waals surface area (Å²) in [5, 5.41) is 17.1. The molecule has 0 unspecified atom stereocenters. The standard InChI is InChI=1S/C8H12N6S/c1-6(2)10-3-7-12-13-8(15-7)14-5-9-4-11-14/h4-6,10H,3H2,1-2H3. The van der Waals surface area contributed by atoms with Crippen LogP contribution in [0.5, 0.6) is 0 Å². The average Bonchev–Trinajstić information content (AvgIpc) is 2.85. The normalized spacial score (nSPS) is 11.1.